The Morgan fingerprint density at radius 2 is 1.97 bits per heavy atom. The van der Waals surface area contributed by atoms with E-state index in [4.69, 9.17) is 9.84 Å². The number of carboxylic acids is 1. The van der Waals surface area contributed by atoms with Crippen LogP contribution in [0.4, 0.5) is 0 Å². The van der Waals surface area contributed by atoms with Gasteiger partial charge in [0.05, 0.1) is 24.1 Å². The Morgan fingerprint density at radius 1 is 1.20 bits per heavy atom. The lowest BCUT2D eigenvalue weighted by molar-refractivity contribution is -0.137. The van der Waals surface area contributed by atoms with Crippen molar-refractivity contribution in [2.45, 2.75) is 52.7 Å². The Morgan fingerprint density at radius 3 is 2.63 bits per heavy atom. The molecule has 1 N–H and O–H groups in total. The number of hydrogen-bond donors (Lipinski definition) is 1. The zero-order valence-corrected chi connectivity index (χ0v) is 17.8. The minimum Gasteiger partial charge on any atom is -0.489 e. The Hall–Kier alpha value is -3.26. The van der Waals surface area contributed by atoms with E-state index in [2.05, 4.69) is 53.7 Å². The van der Waals surface area contributed by atoms with Crippen molar-refractivity contribution in [1.29, 1.82) is 0 Å². The van der Waals surface area contributed by atoms with Crippen LogP contribution in [0.25, 0.3) is 10.9 Å². The van der Waals surface area contributed by atoms with E-state index < -0.39 is 5.97 Å². The van der Waals surface area contributed by atoms with Gasteiger partial charge >= 0.3 is 5.97 Å². The minimum atomic E-state index is -0.856. The molecule has 1 aromatic heterocycles. The molecule has 0 spiro atoms. The van der Waals surface area contributed by atoms with E-state index in [0.717, 1.165) is 40.7 Å². The van der Waals surface area contributed by atoms with Crippen LogP contribution < -0.4 is 4.74 Å². The van der Waals surface area contributed by atoms with Crippen LogP contribution in [0.5, 0.6) is 5.75 Å². The third kappa shape index (κ3) is 5.64. The molecule has 5 heteroatoms. The van der Waals surface area contributed by atoms with Crippen molar-refractivity contribution >= 4 is 16.9 Å². The molecule has 0 unspecified atom stereocenters. The summed E-state index contributed by atoms with van der Waals surface area (Å²) >= 11 is 0. The number of benzene rings is 2. The SMILES string of the molecule is CC#C[C@@H](CC(=O)O)c1ccc(OCc2ccc3c(cnn3CCC(C)C)c2)cc1. The summed E-state index contributed by atoms with van der Waals surface area (Å²) in [5.74, 6) is 6.00. The Bertz CT molecular complexity index is 1060. The molecule has 0 saturated carbocycles. The average Bonchev–Trinajstić information content (AvgIpc) is 3.13. The predicted molar refractivity (Wildman–Crippen MR) is 118 cm³/mol. The highest BCUT2D eigenvalue weighted by Crippen LogP contribution is 2.23. The topological polar surface area (TPSA) is 64.3 Å². The summed E-state index contributed by atoms with van der Waals surface area (Å²) in [6.45, 7) is 7.54. The smallest absolute Gasteiger partial charge is 0.304 e. The van der Waals surface area contributed by atoms with Gasteiger partial charge in [-0.05, 0) is 54.7 Å². The van der Waals surface area contributed by atoms with Gasteiger partial charge in [0.1, 0.15) is 12.4 Å². The highest BCUT2D eigenvalue weighted by Gasteiger charge is 2.13. The third-order valence-electron chi connectivity index (χ3n) is 5.01. The summed E-state index contributed by atoms with van der Waals surface area (Å²) in [5.41, 5.74) is 3.11. The lowest BCUT2D eigenvalue weighted by Crippen LogP contribution is -2.04. The number of carbonyl (C=O) groups is 1. The van der Waals surface area contributed by atoms with Gasteiger partial charge in [-0.3, -0.25) is 9.48 Å². The lowest BCUT2D eigenvalue weighted by Gasteiger charge is -2.11. The van der Waals surface area contributed by atoms with Gasteiger partial charge in [-0.15, -0.1) is 5.92 Å². The molecule has 0 amide bonds. The Labute approximate surface area is 177 Å². The third-order valence-corrected chi connectivity index (χ3v) is 5.01. The first kappa shape index (κ1) is 21.4. The number of nitrogens with zero attached hydrogens (tertiary/aromatic N) is 2. The first-order valence-corrected chi connectivity index (χ1v) is 10.3. The van der Waals surface area contributed by atoms with Crippen molar-refractivity contribution in [2.75, 3.05) is 0 Å². The molecule has 0 radical (unpaired) electrons. The average molecular weight is 405 g/mol. The van der Waals surface area contributed by atoms with Gasteiger partial charge in [-0.1, -0.05) is 38.0 Å². The summed E-state index contributed by atoms with van der Waals surface area (Å²) in [5, 5.41) is 14.7. The number of fused-ring (bicyclic) bond motifs is 1. The van der Waals surface area contributed by atoms with E-state index in [1.54, 1.807) is 6.92 Å². The fourth-order valence-corrected chi connectivity index (χ4v) is 3.35. The molecule has 0 bridgehead atoms. The van der Waals surface area contributed by atoms with E-state index in [9.17, 15) is 4.79 Å². The van der Waals surface area contributed by atoms with Crippen molar-refractivity contribution in [3.8, 4) is 17.6 Å². The molecule has 5 nitrogen and oxygen atoms in total. The molecule has 0 fully saturated rings. The van der Waals surface area contributed by atoms with Gasteiger partial charge in [0, 0.05) is 11.9 Å². The second kappa shape index (κ2) is 9.98. The van der Waals surface area contributed by atoms with Gasteiger partial charge in [0.2, 0.25) is 0 Å². The van der Waals surface area contributed by atoms with Crippen LogP contribution in [0.15, 0.2) is 48.7 Å². The van der Waals surface area contributed by atoms with Gasteiger partial charge < -0.3 is 9.84 Å². The van der Waals surface area contributed by atoms with E-state index in [-0.39, 0.29) is 12.3 Å². The van der Waals surface area contributed by atoms with E-state index >= 15 is 0 Å². The molecule has 0 saturated heterocycles. The standard InChI is InChI=1S/C25H28N2O3/c1-4-5-21(15-25(28)29)20-7-9-23(10-8-20)30-17-19-6-11-24-22(14-19)16-26-27(24)13-12-18(2)3/h6-11,14,16,18,21H,12-13,15,17H2,1-3H3,(H,28,29)/t21-/m0/s1. The first-order chi connectivity index (χ1) is 14.5. The highest BCUT2D eigenvalue weighted by molar-refractivity contribution is 5.79. The monoisotopic (exact) mass is 404 g/mol. The molecular formula is C25H28N2O3. The minimum absolute atomic E-state index is 0.00803. The Kier molecular flexibility index (Phi) is 7.13. The molecular weight excluding hydrogens is 376 g/mol. The summed E-state index contributed by atoms with van der Waals surface area (Å²) in [4.78, 5) is 11.0. The summed E-state index contributed by atoms with van der Waals surface area (Å²) in [6.07, 6.45) is 3.01. The molecule has 156 valence electrons. The zero-order chi connectivity index (χ0) is 21.5. The number of ether oxygens (including phenoxy) is 1. The second-order valence-electron chi connectivity index (χ2n) is 7.85. The largest absolute Gasteiger partial charge is 0.489 e. The molecule has 2 aromatic carbocycles. The zero-order valence-electron chi connectivity index (χ0n) is 17.8. The number of hydrogen-bond acceptors (Lipinski definition) is 3. The van der Waals surface area contributed by atoms with Crippen LogP contribution in [0.1, 0.15) is 50.7 Å². The van der Waals surface area contributed by atoms with Gasteiger partial charge in [0.25, 0.3) is 0 Å². The lowest BCUT2D eigenvalue weighted by atomic mass is 9.96. The van der Waals surface area contributed by atoms with Crippen molar-refractivity contribution in [1.82, 2.24) is 9.78 Å². The normalized spacial score (nSPS) is 11.9. The molecule has 0 aliphatic rings. The van der Waals surface area contributed by atoms with E-state index in [0.29, 0.717) is 12.5 Å². The molecule has 30 heavy (non-hydrogen) atoms. The number of carboxylic acid groups (broad SMARTS) is 1. The number of rotatable bonds is 9. The molecule has 3 aromatic rings. The summed E-state index contributed by atoms with van der Waals surface area (Å²) in [7, 11) is 0. The molecule has 1 atom stereocenters. The molecule has 3 rings (SSSR count). The van der Waals surface area contributed by atoms with Crippen LogP contribution >= 0.6 is 0 Å². The van der Waals surface area contributed by atoms with Crippen molar-refractivity contribution < 1.29 is 14.6 Å². The molecule has 0 aliphatic heterocycles. The fraction of sp³-hybridized carbons (Fsp3) is 0.360. The highest BCUT2D eigenvalue weighted by atomic mass is 16.5. The van der Waals surface area contributed by atoms with Crippen LogP contribution in [0.2, 0.25) is 0 Å². The maximum Gasteiger partial charge on any atom is 0.304 e. The molecule has 0 aliphatic carbocycles. The molecule has 1 heterocycles. The Balaban J connectivity index is 1.64. The van der Waals surface area contributed by atoms with Gasteiger partial charge in [0.15, 0.2) is 0 Å². The fourth-order valence-electron chi connectivity index (χ4n) is 3.35. The van der Waals surface area contributed by atoms with Gasteiger partial charge in [-0.25, -0.2) is 0 Å². The van der Waals surface area contributed by atoms with Crippen LogP contribution in [-0.4, -0.2) is 20.9 Å². The summed E-state index contributed by atoms with van der Waals surface area (Å²) in [6, 6.07) is 13.8. The van der Waals surface area contributed by atoms with E-state index in [1.165, 1.54) is 0 Å². The van der Waals surface area contributed by atoms with Crippen LogP contribution in [0, 0.1) is 17.8 Å². The summed E-state index contributed by atoms with van der Waals surface area (Å²) < 4.78 is 7.98. The number of aliphatic carboxylic acids is 1. The van der Waals surface area contributed by atoms with Gasteiger partial charge in [-0.2, -0.15) is 5.10 Å². The van der Waals surface area contributed by atoms with Crippen molar-refractivity contribution in [2.24, 2.45) is 5.92 Å². The van der Waals surface area contributed by atoms with Crippen molar-refractivity contribution in [3.05, 3.63) is 59.8 Å². The quantitative estimate of drug-likeness (QED) is 0.495. The van der Waals surface area contributed by atoms with Crippen LogP contribution in [-0.2, 0) is 17.9 Å². The second-order valence-corrected chi connectivity index (χ2v) is 7.85. The first-order valence-electron chi connectivity index (χ1n) is 10.3. The van der Waals surface area contributed by atoms with Crippen molar-refractivity contribution in [3.63, 3.8) is 0 Å². The van der Waals surface area contributed by atoms with Crippen LogP contribution in [0.3, 0.4) is 0 Å². The maximum absolute atomic E-state index is 11.0. The van der Waals surface area contributed by atoms with E-state index in [1.807, 2.05) is 30.5 Å². The predicted octanol–water partition coefficient (Wildman–Crippen LogP) is 5.24. The number of aryl methyl sites for hydroxylation is 1. The number of aromatic nitrogens is 2. The maximum atomic E-state index is 11.0.